The summed E-state index contributed by atoms with van der Waals surface area (Å²) in [6, 6.07) is 15.1. The van der Waals surface area contributed by atoms with E-state index in [0.717, 1.165) is 15.6 Å². The Morgan fingerprint density at radius 1 is 0.895 bits per heavy atom. The highest BCUT2D eigenvalue weighted by molar-refractivity contribution is 9.10. The lowest BCUT2D eigenvalue weighted by Gasteiger charge is -1.97. The van der Waals surface area contributed by atoms with Gasteiger partial charge in [0.1, 0.15) is 0 Å². The molecule has 0 saturated heterocycles. The molecule has 0 amide bonds. The second-order valence-electron chi connectivity index (χ2n) is 4.05. The number of nitrogens with two attached hydrogens (primary N) is 1. The Hall–Kier alpha value is -2.14. The first-order chi connectivity index (χ1) is 9.22. The van der Waals surface area contributed by atoms with Gasteiger partial charge in [-0.25, -0.2) is 0 Å². The summed E-state index contributed by atoms with van der Waals surface area (Å²) in [4.78, 5) is 0. The fourth-order valence-corrected chi connectivity index (χ4v) is 2.15. The van der Waals surface area contributed by atoms with Gasteiger partial charge in [0.15, 0.2) is 0 Å². The Bertz CT molecular complexity index is 664. The van der Waals surface area contributed by atoms with Crippen molar-refractivity contribution in [3.05, 3.63) is 53.0 Å². The van der Waals surface area contributed by atoms with Crippen LogP contribution < -0.4 is 5.73 Å². The molecule has 3 aromatic rings. The Kier molecular flexibility index (Phi) is 3.05. The van der Waals surface area contributed by atoms with Crippen molar-refractivity contribution in [1.82, 2.24) is 10.2 Å². The van der Waals surface area contributed by atoms with E-state index in [1.165, 1.54) is 0 Å². The molecule has 4 nitrogen and oxygen atoms in total. The predicted octanol–water partition coefficient (Wildman–Crippen LogP) is 3.75. The highest BCUT2D eigenvalue weighted by atomic mass is 79.9. The predicted molar refractivity (Wildman–Crippen MR) is 77.3 cm³/mol. The first-order valence-corrected chi connectivity index (χ1v) is 6.47. The number of nitrogens with zero attached hydrogens (tertiary/aromatic N) is 2. The molecule has 0 aliphatic heterocycles. The molecule has 0 aliphatic rings. The van der Waals surface area contributed by atoms with Crippen molar-refractivity contribution >= 4 is 21.6 Å². The van der Waals surface area contributed by atoms with Crippen molar-refractivity contribution in [2.24, 2.45) is 0 Å². The molecule has 3 rings (SSSR count). The number of anilines is 1. The van der Waals surface area contributed by atoms with Crippen LogP contribution in [0.1, 0.15) is 0 Å². The summed E-state index contributed by atoms with van der Waals surface area (Å²) in [5, 5.41) is 8.10. The number of nitrogen functional groups attached to an aromatic ring is 1. The minimum atomic E-state index is 0.460. The quantitative estimate of drug-likeness (QED) is 0.731. The average molecular weight is 316 g/mol. The van der Waals surface area contributed by atoms with Gasteiger partial charge in [-0.2, -0.15) is 0 Å². The van der Waals surface area contributed by atoms with E-state index in [0.29, 0.717) is 17.5 Å². The summed E-state index contributed by atoms with van der Waals surface area (Å²) in [5.74, 6) is 0.945. The average Bonchev–Trinajstić information content (AvgIpc) is 2.88. The number of aromatic nitrogens is 2. The van der Waals surface area contributed by atoms with Gasteiger partial charge in [-0.15, -0.1) is 10.2 Å². The van der Waals surface area contributed by atoms with Crippen LogP contribution in [0.5, 0.6) is 0 Å². The van der Waals surface area contributed by atoms with E-state index >= 15 is 0 Å². The molecule has 0 saturated carbocycles. The van der Waals surface area contributed by atoms with E-state index in [-0.39, 0.29) is 0 Å². The number of hydrogen-bond donors (Lipinski definition) is 1. The maximum atomic E-state index is 5.74. The second kappa shape index (κ2) is 4.85. The number of halogens is 1. The van der Waals surface area contributed by atoms with Gasteiger partial charge in [0.05, 0.1) is 0 Å². The van der Waals surface area contributed by atoms with E-state index < -0.39 is 0 Å². The molecular formula is C14H10BrN3O. The van der Waals surface area contributed by atoms with Crippen molar-refractivity contribution in [2.75, 3.05) is 5.73 Å². The van der Waals surface area contributed by atoms with Crippen LogP contribution in [0.2, 0.25) is 0 Å². The zero-order chi connectivity index (χ0) is 13.2. The molecule has 0 bridgehead atoms. The molecular weight excluding hydrogens is 306 g/mol. The normalized spacial score (nSPS) is 10.6. The van der Waals surface area contributed by atoms with Crippen LogP contribution in [0, 0.1) is 0 Å². The van der Waals surface area contributed by atoms with Gasteiger partial charge in [-0.1, -0.05) is 28.1 Å². The third kappa shape index (κ3) is 2.51. The molecule has 94 valence electrons. The Labute approximate surface area is 118 Å². The minimum absolute atomic E-state index is 0.460. The van der Waals surface area contributed by atoms with E-state index in [9.17, 15) is 0 Å². The van der Waals surface area contributed by atoms with Gasteiger partial charge in [0.2, 0.25) is 11.8 Å². The summed E-state index contributed by atoms with van der Waals surface area (Å²) in [5.41, 5.74) is 8.09. The summed E-state index contributed by atoms with van der Waals surface area (Å²) in [7, 11) is 0. The van der Waals surface area contributed by atoms with Crippen molar-refractivity contribution in [3.63, 3.8) is 0 Å². The maximum absolute atomic E-state index is 5.74. The van der Waals surface area contributed by atoms with Crippen LogP contribution in [0.3, 0.4) is 0 Å². The third-order valence-corrected chi connectivity index (χ3v) is 3.12. The van der Waals surface area contributed by atoms with Crippen LogP contribution in [0.25, 0.3) is 22.9 Å². The number of rotatable bonds is 2. The van der Waals surface area contributed by atoms with Gasteiger partial charge in [0, 0.05) is 21.3 Å². The van der Waals surface area contributed by atoms with E-state index in [1.54, 1.807) is 6.07 Å². The smallest absolute Gasteiger partial charge is 0.248 e. The highest BCUT2D eigenvalue weighted by Crippen LogP contribution is 2.26. The third-order valence-electron chi connectivity index (χ3n) is 2.63. The Morgan fingerprint density at radius 3 is 2.16 bits per heavy atom. The SMILES string of the molecule is Nc1cccc(-c2nnc(-c3cccc(Br)c3)o2)c1. The Balaban J connectivity index is 2.00. The van der Waals surface area contributed by atoms with Crippen LogP contribution in [0.4, 0.5) is 5.69 Å². The topological polar surface area (TPSA) is 64.9 Å². The molecule has 1 heterocycles. The summed E-state index contributed by atoms with van der Waals surface area (Å²) >= 11 is 3.41. The Morgan fingerprint density at radius 2 is 1.53 bits per heavy atom. The van der Waals surface area contributed by atoms with E-state index in [1.807, 2.05) is 42.5 Å². The lowest BCUT2D eigenvalue weighted by atomic mass is 10.2. The van der Waals surface area contributed by atoms with Gasteiger partial charge >= 0.3 is 0 Å². The maximum Gasteiger partial charge on any atom is 0.248 e. The van der Waals surface area contributed by atoms with E-state index in [2.05, 4.69) is 26.1 Å². The molecule has 2 aromatic carbocycles. The summed E-state index contributed by atoms with van der Waals surface area (Å²) in [6.07, 6.45) is 0. The fraction of sp³-hybridized carbons (Fsp3) is 0. The van der Waals surface area contributed by atoms with Gasteiger partial charge in [-0.3, -0.25) is 0 Å². The monoisotopic (exact) mass is 315 g/mol. The largest absolute Gasteiger partial charge is 0.416 e. The van der Waals surface area contributed by atoms with Crippen molar-refractivity contribution in [2.45, 2.75) is 0 Å². The zero-order valence-corrected chi connectivity index (χ0v) is 11.5. The van der Waals surface area contributed by atoms with Crippen molar-refractivity contribution in [1.29, 1.82) is 0 Å². The second-order valence-corrected chi connectivity index (χ2v) is 4.96. The van der Waals surface area contributed by atoms with Crippen LogP contribution >= 0.6 is 15.9 Å². The molecule has 0 atom stereocenters. The van der Waals surface area contributed by atoms with Crippen molar-refractivity contribution < 1.29 is 4.42 Å². The molecule has 19 heavy (non-hydrogen) atoms. The van der Waals surface area contributed by atoms with Crippen LogP contribution in [0.15, 0.2) is 57.4 Å². The van der Waals surface area contributed by atoms with Gasteiger partial charge in [-0.05, 0) is 36.4 Å². The minimum Gasteiger partial charge on any atom is -0.416 e. The lowest BCUT2D eigenvalue weighted by Crippen LogP contribution is -1.84. The molecule has 1 aromatic heterocycles. The molecule has 0 radical (unpaired) electrons. The molecule has 5 heteroatoms. The molecule has 0 unspecified atom stereocenters. The first-order valence-electron chi connectivity index (χ1n) is 5.68. The summed E-state index contributed by atoms with van der Waals surface area (Å²) in [6.45, 7) is 0. The zero-order valence-electron chi connectivity index (χ0n) is 9.88. The number of benzene rings is 2. The molecule has 0 aliphatic carbocycles. The van der Waals surface area contributed by atoms with Crippen LogP contribution in [-0.2, 0) is 0 Å². The highest BCUT2D eigenvalue weighted by Gasteiger charge is 2.10. The first kappa shape index (κ1) is 11.9. The molecule has 0 spiro atoms. The van der Waals surface area contributed by atoms with Gasteiger partial charge in [0.25, 0.3) is 0 Å². The number of hydrogen-bond acceptors (Lipinski definition) is 4. The van der Waals surface area contributed by atoms with Crippen LogP contribution in [-0.4, -0.2) is 10.2 Å². The lowest BCUT2D eigenvalue weighted by molar-refractivity contribution is 0.584. The van der Waals surface area contributed by atoms with E-state index in [4.69, 9.17) is 10.2 Å². The molecule has 0 fully saturated rings. The van der Waals surface area contributed by atoms with Gasteiger partial charge < -0.3 is 10.2 Å². The van der Waals surface area contributed by atoms with Crippen molar-refractivity contribution in [3.8, 4) is 22.9 Å². The fourth-order valence-electron chi connectivity index (χ4n) is 1.75. The summed E-state index contributed by atoms with van der Waals surface area (Å²) < 4.78 is 6.63. The standard InChI is InChI=1S/C14H10BrN3O/c15-11-5-1-3-9(7-11)13-17-18-14(19-13)10-4-2-6-12(16)8-10/h1-8H,16H2. The molecule has 2 N–H and O–H groups in total.